The zero-order valence-electron chi connectivity index (χ0n) is 8.17. The average molecular weight is 235 g/mol. The second-order valence-electron chi connectivity index (χ2n) is 2.79. The summed E-state index contributed by atoms with van der Waals surface area (Å²) in [5.41, 5.74) is 5.00. The summed E-state index contributed by atoms with van der Waals surface area (Å²) in [5, 5.41) is 0. The summed E-state index contributed by atoms with van der Waals surface area (Å²) >= 11 is 0. The molecular formula is C9H8F3NO3. The van der Waals surface area contributed by atoms with E-state index < -0.39 is 18.1 Å². The van der Waals surface area contributed by atoms with Crippen LogP contribution < -0.4 is 10.5 Å². The Labute approximate surface area is 88.8 Å². The van der Waals surface area contributed by atoms with Crippen molar-refractivity contribution in [3.8, 4) is 5.75 Å². The van der Waals surface area contributed by atoms with Crippen LogP contribution in [0, 0.1) is 0 Å². The Morgan fingerprint density at radius 3 is 2.50 bits per heavy atom. The number of anilines is 1. The van der Waals surface area contributed by atoms with Gasteiger partial charge in [0.1, 0.15) is 11.3 Å². The second-order valence-corrected chi connectivity index (χ2v) is 2.79. The Morgan fingerprint density at radius 1 is 1.38 bits per heavy atom. The molecule has 1 aromatic rings. The molecule has 0 radical (unpaired) electrons. The van der Waals surface area contributed by atoms with Crippen molar-refractivity contribution < 1.29 is 27.4 Å². The first-order chi connectivity index (χ1) is 7.33. The average Bonchev–Trinajstić information content (AvgIpc) is 2.14. The number of nitrogens with two attached hydrogens (primary N) is 1. The third-order valence-corrected chi connectivity index (χ3v) is 1.64. The van der Waals surface area contributed by atoms with E-state index in [1.165, 1.54) is 6.07 Å². The molecule has 0 aliphatic heterocycles. The minimum atomic E-state index is -4.89. The van der Waals surface area contributed by atoms with Gasteiger partial charge in [0.15, 0.2) is 0 Å². The minimum absolute atomic E-state index is 0.0481. The molecule has 0 unspecified atom stereocenters. The summed E-state index contributed by atoms with van der Waals surface area (Å²) in [5.74, 6) is -1.61. The molecule has 4 nitrogen and oxygen atoms in total. The lowest BCUT2D eigenvalue weighted by Gasteiger charge is -2.12. The van der Waals surface area contributed by atoms with Gasteiger partial charge in [-0.1, -0.05) is 0 Å². The second kappa shape index (κ2) is 4.30. The number of methoxy groups -OCH3 is 1. The molecule has 0 spiro atoms. The summed E-state index contributed by atoms with van der Waals surface area (Å²) in [6.45, 7) is 0. The fraction of sp³-hybridized carbons (Fsp3) is 0.222. The highest BCUT2D eigenvalue weighted by atomic mass is 19.4. The van der Waals surface area contributed by atoms with Crippen molar-refractivity contribution in [3.05, 3.63) is 23.8 Å². The van der Waals surface area contributed by atoms with Gasteiger partial charge in [-0.3, -0.25) is 0 Å². The van der Waals surface area contributed by atoms with E-state index in [9.17, 15) is 18.0 Å². The Kier molecular flexibility index (Phi) is 3.26. The lowest BCUT2D eigenvalue weighted by atomic mass is 10.2. The molecule has 0 saturated heterocycles. The lowest BCUT2D eigenvalue weighted by molar-refractivity contribution is -0.274. The standard InChI is InChI=1S/C9H8F3NO3/c1-15-8(14)6-3-2-5(13)4-7(6)16-9(10,11)12/h2-4H,13H2,1H3. The molecule has 0 aliphatic carbocycles. The molecule has 2 N–H and O–H groups in total. The fourth-order valence-electron chi connectivity index (χ4n) is 1.03. The van der Waals surface area contributed by atoms with Gasteiger partial charge in [-0.2, -0.15) is 0 Å². The maximum atomic E-state index is 12.0. The molecular weight excluding hydrogens is 227 g/mol. The van der Waals surface area contributed by atoms with Gasteiger partial charge in [0.25, 0.3) is 0 Å². The molecule has 0 saturated carbocycles. The molecule has 0 fully saturated rings. The van der Waals surface area contributed by atoms with Crippen molar-refractivity contribution in [1.29, 1.82) is 0 Å². The van der Waals surface area contributed by atoms with Gasteiger partial charge in [-0.25, -0.2) is 4.79 Å². The zero-order valence-corrected chi connectivity index (χ0v) is 8.17. The molecule has 0 amide bonds. The maximum absolute atomic E-state index is 12.0. The van der Waals surface area contributed by atoms with Crippen LogP contribution in [0.3, 0.4) is 0 Å². The summed E-state index contributed by atoms with van der Waals surface area (Å²) < 4.78 is 44.0. The molecule has 0 aromatic heterocycles. The van der Waals surface area contributed by atoms with E-state index in [2.05, 4.69) is 9.47 Å². The van der Waals surface area contributed by atoms with Gasteiger partial charge >= 0.3 is 12.3 Å². The van der Waals surface area contributed by atoms with Crippen molar-refractivity contribution >= 4 is 11.7 Å². The van der Waals surface area contributed by atoms with Gasteiger partial charge in [0, 0.05) is 11.8 Å². The number of benzene rings is 1. The number of carbonyl (C=O) groups excluding carboxylic acids is 1. The van der Waals surface area contributed by atoms with Crippen molar-refractivity contribution in [3.63, 3.8) is 0 Å². The number of esters is 1. The van der Waals surface area contributed by atoms with E-state index in [0.717, 1.165) is 19.2 Å². The fourth-order valence-corrected chi connectivity index (χ4v) is 1.03. The van der Waals surface area contributed by atoms with Gasteiger partial charge in [-0.15, -0.1) is 13.2 Å². The van der Waals surface area contributed by atoms with Crippen LogP contribution in [-0.2, 0) is 4.74 Å². The summed E-state index contributed by atoms with van der Waals surface area (Å²) in [6.07, 6.45) is -4.89. The van der Waals surface area contributed by atoms with Crippen molar-refractivity contribution in [2.75, 3.05) is 12.8 Å². The number of carbonyl (C=O) groups is 1. The van der Waals surface area contributed by atoms with Crippen LogP contribution in [0.4, 0.5) is 18.9 Å². The molecule has 7 heteroatoms. The highest BCUT2D eigenvalue weighted by molar-refractivity contribution is 5.93. The van der Waals surface area contributed by atoms with E-state index in [4.69, 9.17) is 5.73 Å². The van der Waals surface area contributed by atoms with Gasteiger partial charge in [0.2, 0.25) is 0 Å². The lowest BCUT2D eigenvalue weighted by Crippen LogP contribution is -2.19. The van der Waals surface area contributed by atoms with Crippen molar-refractivity contribution in [2.24, 2.45) is 0 Å². The predicted octanol–water partition coefficient (Wildman–Crippen LogP) is 1.95. The molecule has 0 aliphatic rings. The minimum Gasteiger partial charge on any atom is -0.465 e. The Hall–Kier alpha value is -1.92. The smallest absolute Gasteiger partial charge is 0.465 e. The molecule has 88 valence electrons. The molecule has 0 heterocycles. The van der Waals surface area contributed by atoms with Gasteiger partial charge in [0.05, 0.1) is 7.11 Å². The van der Waals surface area contributed by atoms with E-state index in [1.807, 2.05) is 0 Å². The molecule has 0 bridgehead atoms. The van der Waals surface area contributed by atoms with Gasteiger partial charge in [-0.05, 0) is 12.1 Å². The largest absolute Gasteiger partial charge is 0.573 e. The van der Waals surface area contributed by atoms with Crippen LogP contribution in [0.15, 0.2) is 18.2 Å². The predicted molar refractivity (Wildman–Crippen MR) is 48.9 cm³/mol. The Balaban J connectivity index is 3.13. The van der Waals surface area contributed by atoms with E-state index >= 15 is 0 Å². The normalized spacial score (nSPS) is 11.0. The quantitative estimate of drug-likeness (QED) is 0.628. The zero-order chi connectivity index (χ0) is 12.3. The molecule has 1 rings (SSSR count). The first-order valence-corrected chi connectivity index (χ1v) is 4.07. The summed E-state index contributed by atoms with van der Waals surface area (Å²) in [6, 6.07) is 3.28. The van der Waals surface area contributed by atoms with Crippen molar-refractivity contribution in [1.82, 2.24) is 0 Å². The highest BCUT2D eigenvalue weighted by Crippen LogP contribution is 2.28. The highest BCUT2D eigenvalue weighted by Gasteiger charge is 2.33. The monoisotopic (exact) mass is 235 g/mol. The summed E-state index contributed by atoms with van der Waals surface area (Å²) in [7, 11) is 1.05. The van der Waals surface area contributed by atoms with Crippen LogP contribution in [0.25, 0.3) is 0 Å². The molecule has 0 atom stereocenters. The van der Waals surface area contributed by atoms with E-state index in [-0.39, 0.29) is 11.3 Å². The molecule has 16 heavy (non-hydrogen) atoms. The van der Waals surface area contributed by atoms with Crippen molar-refractivity contribution in [2.45, 2.75) is 6.36 Å². The number of rotatable bonds is 2. The Morgan fingerprint density at radius 2 is 2.00 bits per heavy atom. The first kappa shape index (κ1) is 12.2. The van der Waals surface area contributed by atoms with Gasteiger partial charge < -0.3 is 15.2 Å². The van der Waals surface area contributed by atoms with Crippen LogP contribution in [0.5, 0.6) is 5.75 Å². The Bertz CT molecular complexity index is 403. The maximum Gasteiger partial charge on any atom is 0.573 e. The number of hydrogen-bond acceptors (Lipinski definition) is 4. The number of ether oxygens (including phenoxy) is 2. The number of halogens is 3. The van der Waals surface area contributed by atoms with E-state index in [0.29, 0.717) is 0 Å². The van der Waals surface area contributed by atoms with Crippen LogP contribution in [0.2, 0.25) is 0 Å². The molecule has 1 aromatic carbocycles. The SMILES string of the molecule is COC(=O)c1ccc(N)cc1OC(F)(F)F. The topological polar surface area (TPSA) is 61.5 Å². The van der Waals surface area contributed by atoms with Crippen LogP contribution in [-0.4, -0.2) is 19.4 Å². The van der Waals surface area contributed by atoms with Crippen LogP contribution >= 0.6 is 0 Å². The van der Waals surface area contributed by atoms with E-state index in [1.54, 1.807) is 0 Å². The third kappa shape index (κ3) is 3.04. The number of nitrogen functional groups attached to an aromatic ring is 1. The number of hydrogen-bond donors (Lipinski definition) is 1. The number of alkyl halides is 3. The van der Waals surface area contributed by atoms with Crippen LogP contribution in [0.1, 0.15) is 10.4 Å². The third-order valence-electron chi connectivity index (χ3n) is 1.64. The summed E-state index contributed by atoms with van der Waals surface area (Å²) in [4.78, 5) is 11.1. The first-order valence-electron chi connectivity index (χ1n) is 4.07.